The van der Waals surface area contributed by atoms with E-state index in [0.717, 1.165) is 16.8 Å². The minimum absolute atomic E-state index is 0.117. The number of hydrogen-bond acceptors (Lipinski definition) is 3. The lowest BCUT2D eigenvalue weighted by Gasteiger charge is -2.10. The summed E-state index contributed by atoms with van der Waals surface area (Å²) in [5, 5.41) is 2.92. The fraction of sp³-hybridized carbons (Fsp3) is 0.235. The van der Waals surface area contributed by atoms with Gasteiger partial charge in [0.2, 0.25) is 0 Å². The summed E-state index contributed by atoms with van der Waals surface area (Å²) < 4.78 is 5.10. The highest BCUT2D eigenvalue weighted by Crippen LogP contribution is 2.15. The van der Waals surface area contributed by atoms with Crippen LogP contribution in [0.5, 0.6) is 0 Å². The number of carbonyl (C=O) groups excluding carboxylic acids is 1. The molecule has 4 heteroatoms. The van der Waals surface area contributed by atoms with Crippen molar-refractivity contribution in [1.29, 1.82) is 0 Å². The van der Waals surface area contributed by atoms with Crippen LogP contribution in [-0.2, 0) is 17.8 Å². The molecule has 0 saturated carbocycles. The van der Waals surface area contributed by atoms with Gasteiger partial charge in [0, 0.05) is 18.4 Å². The maximum Gasteiger partial charge on any atom is 0.255 e. The monoisotopic (exact) mass is 284 g/mol. The van der Waals surface area contributed by atoms with Gasteiger partial charge < -0.3 is 15.8 Å². The summed E-state index contributed by atoms with van der Waals surface area (Å²) in [6, 6.07) is 15.2. The van der Waals surface area contributed by atoms with E-state index in [-0.39, 0.29) is 5.91 Å². The predicted octanol–water partition coefficient (Wildman–Crippen LogP) is 2.59. The van der Waals surface area contributed by atoms with Gasteiger partial charge >= 0.3 is 0 Å². The van der Waals surface area contributed by atoms with Crippen molar-refractivity contribution >= 4 is 11.6 Å². The summed E-state index contributed by atoms with van der Waals surface area (Å²) >= 11 is 0. The van der Waals surface area contributed by atoms with Crippen LogP contribution in [0.15, 0.2) is 48.5 Å². The maximum atomic E-state index is 12.4. The van der Waals surface area contributed by atoms with Gasteiger partial charge in [0.05, 0.1) is 6.61 Å². The fourth-order valence-corrected chi connectivity index (χ4v) is 2.22. The standard InChI is InChI=1S/C17H20N2O2/c1-21-12-13-5-4-7-15(11-13)19-17(20)16-8-3-2-6-14(16)9-10-18/h2-8,11H,9-10,12,18H2,1H3,(H,19,20). The average Bonchev–Trinajstić information content (AvgIpc) is 2.49. The lowest BCUT2D eigenvalue weighted by molar-refractivity contribution is 0.102. The molecule has 0 aromatic heterocycles. The molecule has 21 heavy (non-hydrogen) atoms. The van der Waals surface area contributed by atoms with Crippen molar-refractivity contribution in [2.24, 2.45) is 5.73 Å². The molecular formula is C17H20N2O2. The molecule has 2 aromatic carbocycles. The Morgan fingerprint density at radius 1 is 1.19 bits per heavy atom. The molecule has 2 rings (SSSR count). The molecular weight excluding hydrogens is 264 g/mol. The third kappa shape index (κ3) is 4.15. The Morgan fingerprint density at radius 2 is 2.00 bits per heavy atom. The maximum absolute atomic E-state index is 12.4. The van der Waals surface area contributed by atoms with Crippen LogP contribution in [-0.4, -0.2) is 19.6 Å². The van der Waals surface area contributed by atoms with Gasteiger partial charge in [-0.2, -0.15) is 0 Å². The first-order valence-electron chi connectivity index (χ1n) is 6.92. The molecule has 0 heterocycles. The zero-order valence-corrected chi connectivity index (χ0v) is 12.1. The summed E-state index contributed by atoms with van der Waals surface area (Å²) in [6.45, 7) is 1.04. The van der Waals surface area contributed by atoms with Crippen LogP contribution in [0.3, 0.4) is 0 Å². The lowest BCUT2D eigenvalue weighted by Crippen LogP contribution is -2.16. The predicted molar refractivity (Wildman–Crippen MR) is 84.3 cm³/mol. The topological polar surface area (TPSA) is 64.3 Å². The normalized spacial score (nSPS) is 10.4. The van der Waals surface area contributed by atoms with E-state index in [4.69, 9.17) is 10.5 Å². The highest BCUT2D eigenvalue weighted by molar-refractivity contribution is 6.05. The van der Waals surface area contributed by atoms with Gasteiger partial charge in [-0.15, -0.1) is 0 Å². The Hall–Kier alpha value is -2.17. The second kappa shape index (κ2) is 7.57. The number of nitrogens with one attached hydrogen (secondary N) is 1. The summed E-state index contributed by atoms with van der Waals surface area (Å²) in [5.74, 6) is -0.117. The van der Waals surface area contributed by atoms with E-state index in [9.17, 15) is 4.79 Å². The number of benzene rings is 2. The van der Waals surface area contributed by atoms with Crippen molar-refractivity contribution in [2.75, 3.05) is 19.0 Å². The van der Waals surface area contributed by atoms with E-state index >= 15 is 0 Å². The molecule has 0 aliphatic carbocycles. The lowest BCUT2D eigenvalue weighted by atomic mass is 10.0. The van der Waals surface area contributed by atoms with Crippen molar-refractivity contribution in [1.82, 2.24) is 0 Å². The van der Waals surface area contributed by atoms with Gasteiger partial charge in [0.15, 0.2) is 0 Å². The van der Waals surface area contributed by atoms with Crippen LogP contribution < -0.4 is 11.1 Å². The molecule has 0 atom stereocenters. The number of methoxy groups -OCH3 is 1. The molecule has 0 aliphatic heterocycles. The molecule has 4 nitrogen and oxygen atoms in total. The van der Waals surface area contributed by atoms with E-state index < -0.39 is 0 Å². The van der Waals surface area contributed by atoms with Gasteiger partial charge in [0.25, 0.3) is 5.91 Å². The highest BCUT2D eigenvalue weighted by Gasteiger charge is 2.10. The zero-order chi connectivity index (χ0) is 15.1. The second-order valence-electron chi connectivity index (χ2n) is 4.78. The molecule has 0 fully saturated rings. The second-order valence-corrected chi connectivity index (χ2v) is 4.78. The first-order chi connectivity index (χ1) is 10.2. The molecule has 0 radical (unpaired) electrons. The van der Waals surface area contributed by atoms with Crippen LogP contribution in [0.25, 0.3) is 0 Å². The van der Waals surface area contributed by atoms with Crippen molar-refractivity contribution < 1.29 is 9.53 Å². The van der Waals surface area contributed by atoms with E-state index in [1.54, 1.807) is 7.11 Å². The molecule has 2 aromatic rings. The third-order valence-corrected chi connectivity index (χ3v) is 3.17. The van der Waals surface area contributed by atoms with Crippen molar-refractivity contribution in [3.8, 4) is 0 Å². The van der Waals surface area contributed by atoms with Gasteiger partial charge in [-0.25, -0.2) is 0 Å². The van der Waals surface area contributed by atoms with E-state index in [0.29, 0.717) is 25.1 Å². The molecule has 0 bridgehead atoms. The summed E-state index contributed by atoms with van der Waals surface area (Å²) in [7, 11) is 1.65. The van der Waals surface area contributed by atoms with E-state index in [2.05, 4.69) is 5.32 Å². The molecule has 0 spiro atoms. The molecule has 1 amide bonds. The van der Waals surface area contributed by atoms with Crippen LogP contribution in [0.2, 0.25) is 0 Å². The fourth-order valence-electron chi connectivity index (χ4n) is 2.22. The molecule has 110 valence electrons. The smallest absolute Gasteiger partial charge is 0.255 e. The van der Waals surface area contributed by atoms with Crippen molar-refractivity contribution in [3.05, 3.63) is 65.2 Å². The zero-order valence-electron chi connectivity index (χ0n) is 12.1. The summed E-state index contributed by atoms with van der Waals surface area (Å²) in [5.41, 5.74) is 9.00. The Bertz CT molecular complexity index is 611. The number of anilines is 1. The third-order valence-electron chi connectivity index (χ3n) is 3.17. The van der Waals surface area contributed by atoms with Gasteiger partial charge in [-0.1, -0.05) is 30.3 Å². The molecule has 0 aliphatic rings. The van der Waals surface area contributed by atoms with Crippen molar-refractivity contribution in [3.63, 3.8) is 0 Å². The quantitative estimate of drug-likeness (QED) is 0.857. The summed E-state index contributed by atoms with van der Waals surface area (Å²) in [6.07, 6.45) is 0.688. The van der Waals surface area contributed by atoms with Crippen molar-refractivity contribution in [2.45, 2.75) is 13.0 Å². The Balaban J connectivity index is 2.16. The molecule has 0 saturated heterocycles. The van der Waals surface area contributed by atoms with Gasteiger partial charge in [-0.05, 0) is 42.3 Å². The first-order valence-corrected chi connectivity index (χ1v) is 6.92. The van der Waals surface area contributed by atoms with Gasteiger partial charge in [-0.3, -0.25) is 4.79 Å². The number of nitrogens with two attached hydrogens (primary N) is 1. The largest absolute Gasteiger partial charge is 0.380 e. The van der Waals surface area contributed by atoms with Crippen LogP contribution in [0.4, 0.5) is 5.69 Å². The van der Waals surface area contributed by atoms with E-state index in [1.165, 1.54) is 0 Å². The first kappa shape index (κ1) is 15.2. The number of rotatable bonds is 6. The van der Waals surface area contributed by atoms with E-state index in [1.807, 2.05) is 48.5 Å². The average molecular weight is 284 g/mol. The number of amides is 1. The number of hydrogen-bond donors (Lipinski definition) is 2. The van der Waals surface area contributed by atoms with Gasteiger partial charge in [0.1, 0.15) is 0 Å². The summed E-state index contributed by atoms with van der Waals surface area (Å²) in [4.78, 5) is 12.4. The Kier molecular flexibility index (Phi) is 5.49. The number of ether oxygens (including phenoxy) is 1. The van der Waals surface area contributed by atoms with Crippen LogP contribution >= 0.6 is 0 Å². The Labute approximate surface area is 124 Å². The van der Waals surface area contributed by atoms with Crippen LogP contribution in [0, 0.1) is 0 Å². The van der Waals surface area contributed by atoms with Crippen LogP contribution in [0.1, 0.15) is 21.5 Å². The Morgan fingerprint density at radius 3 is 2.76 bits per heavy atom. The number of carbonyl (C=O) groups is 1. The highest BCUT2D eigenvalue weighted by atomic mass is 16.5. The molecule has 3 N–H and O–H groups in total. The molecule has 0 unspecified atom stereocenters. The minimum Gasteiger partial charge on any atom is -0.380 e. The SMILES string of the molecule is COCc1cccc(NC(=O)c2ccccc2CCN)c1. The minimum atomic E-state index is -0.117.